The maximum Gasteiger partial charge on any atom is 0.0236 e. The summed E-state index contributed by atoms with van der Waals surface area (Å²) in [5.41, 5.74) is 3.32. The lowest BCUT2D eigenvalue weighted by molar-refractivity contribution is 0.232. The summed E-state index contributed by atoms with van der Waals surface area (Å²) in [5.74, 6) is 0. The lowest BCUT2D eigenvalue weighted by Gasteiger charge is -2.33. The molecule has 0 atom stereocenters. The molecule has 0 aromatic rings. The highest BCUT2D eigenvalue weighted by molar-refractivity contribution is 5.32. The Morgan fingerprint density at radius 1 is 1.31 bits per heavy atom. The Balaban J connectivity index is 2.10. The van der Waals surface area contributed by atoms with E-state index < -0.39 is 0 Å². The maximum absolute atomic E-state index is 2.56. The average Bonchev–Trinajstić information content (AvgIpc) is 2.17. The highest BCUT2D eigenvalue weighted by Gasteiger charge is 2.19. The molecule has 2 aliphatic rings. The third-order valence-electron chi connectivity index (χ3n) is 3.19. The smallest absolute Gasteiger partial charge is 0.0236 e. The molecule has 1 heteroatoms. The van der Waals surface area contributed by atoms with Crippen molar-refractivity contribution >= 4 is 0 Å². The van der Waals surface area contributed by atoms with Gasteiger partial charge in [0.05, 0.1) is 0 Å². The van der Waals surface area contributed by atoms with Crippen LogP contribution in [0.5, 0.6) is 0 Å². The molecule has 0 N–H and O–H groups in total. The Hall–Kier alpha value is -0.560. The molecule has 2 rings (SSSR count). The Morgan fingerprint density at radius 2 is 2.15 bits per heavy atom. The Morgan fingerprint density at radius 3 is 2.92 bits per heavy atom. The molecule has 13 heavy (non-hydrogen) atoms. The average molecular weight is 177 g/mol. The van der Waals surface area contributed by atoms with Gasteiger partial charge in [-0.25, -0.2) is 0 Å². The van der Waals surface area contributed by atoms with Gasteiger partial charge in [0, 0.05) is 19.1 Å². The molecule has 1 aliphatic carbocycles. The molecule has 1 heterocycles. The van der Waals surface area contributed by atoms with E-state index in [-0.39, 0.29) is 0 Å². The SMILES string of the molecule is CC(C)N1CCC2=C(C=CCC2)C1. The molecule has 0 amide bonds. The predicted molar refractivity (Wildman–Crippen MR) is 56.7 cm³/mol. The standard InChI is InChI=1S/C12H19N/c1-10(2)13-8-7-11-5-3-4-6-12(11)9-13/h4,6,10H,3,5,7-9H2,1-2H3. The summed E-state index contributed by atoms with van der Waals surface area (Å²) in [6.45, 7) is 7.03. The van der Waals surface area contributed by atoms with Crippen molar-refractivity contribution in [2.45, 2.75) is 39.2 Å². The second-order valence-electron chi connectivity index (χ2n) is 4.38. The summed E-state index contributed by atoms with van der Waals surface area (Å²) in [6, 6.07) is 0.698. The predicted octanol–water partition coefficient (Wildman–Crippen LogP) is 2.75. The van der Waals surface area contributed by atoms with Crippen LogP contribution in [0.3, 0.4) is 0 Å². The summed E-state index contributed by atoms with van der Waals surface area (Å²) in [7, 11) is 0. The highest BCUT2D eigenvalue weighted by atomic mass is 15.1. The molecule has 0 saturated carbocycles. The minimum absolute atomic E-state index is 0.698. The van der Waals surface area contributed by atoms with E-state index in [0.717, 1.165) is 0 Å². The number of allylic oxidation sites excluding steroid dienone is 1. The molecular formula is C12H19N. The molecular weight excluding hydrogens is 158 g/mol. The van der Waals surface area contributed by atoms with E-state index in [0.29, 0.717) is 6.04 Å². The molecule has 1 aliphatic heterocycles. The van der Waals surface area contributed by atoms with Crippen LogP contribution < -0.4 is 0 Å². The summed E-state index contributed by atoms with van der Waals surface area (Å²) in [5, 5.41) is 0. The molecule has 0 bridgehead atoms. The topological polar surface area (TPSA) is 3.24 Å². The quantitative estimate of drug-likeness (QED) is 0.595. The van der Waals surface area contributed by atoms with Crippen molar-refractivity contribution in [3.8, 4) is 0 Å². The van der Waals surface area contributed by atoms with E-state index in [1.807, 2.05) is 0 Å². The largest absolute Gasteiger partial charge is 0.296 e. The molecule has 0 aromatic carbocycles. The first-order valence-electron chi connectivity index (χ1n) is 5.39. The van der Waals surface area contributed by atoms with E-state index in [4.69, 9.17) is 0 Å². The van der Waals surface area contributed by atoms with Crippen molar-refractivity contribution in [2.75, 3.05) is 13.1 Å². The van der Waals surface area contributed by atoms with E-state index in [1.54, 1.807) is 11.1 Å². The fourth-order valence-corrected chi connectivity index (χ4v) is 2.23. The number of hydrogen-bond acceptors (Lipinski definition) is 1. The van der Waals surface area contributed by atoms with Crippen molar-refractivity contribution < 1.29 is 0 Å². The Labute approximate surface area is 81.1 Å². The van der Waals surface area contributed by atoms with Crippen LogP contribution in [0.4, 0.5) is 0 Å². The second-order valence-corrected chi connectivity index (χ2v) is 4.38. The van der Waals surface area contributed by atoms with Gasteiger partial charge in [-0.05, 0) is 38.7 Å². The van der Waals surface area contributed by atoms with Crippen LogP contribution in [-0.4, -0.2) is 24.0 Å². The monoisotopic (exact) mass is 177 g/mol. The third-order valence-corrected chi connectivity index (χ3v) is 3.19. The van der Waals surface area contributed by atoms with E-state index in [2.05, 4.69) is 30.9 Å². The van der Waals surface area contributed by atoms with Gasteiger partial charge in [0.25, 0.3) is 0 Å². The van der Waals surface area contributed by atoms with Crippen LogP contribution >= 0.6 is 0 Å². The highest BCUT2D eigenvalue weighted by Crippen LogP contribution is 2.27. The number of nitrogens with zero attached hydrogens (tertiary/aromatic N) is 1. The Kier molecular flexibility index (Phi) is 2.54. The van der Waals surface area contributed by atoms with Gasteiger partial charge >= 0.3 is 0 Å². The number of rotatable bonds is 1. The van der Waals surface area contributed by atoms with E-state index in [1.165, 1.54) is 32.4 Å². The van der Waals surface area contributed by atoms with Crippen molar-refractivity contribution in [3.05, 3.63) is 23.3 Å². The van der Waals surface area contributed by atoms with Crippen molar-refractivity contribution in [2.24, 2.45) is 0 Å². The normalized spacial score (nSPS) is 23.9. The Bertz CT molecular complexity index is 248. The minimum Gasteiger partial charge on any atom is -0.296 e. The maximum atomic E-state index is 2.56. The van der Waals surface area contributed by atoms with Gasteiger partial charge in [0.15, 0.2) is 0 Å². The first-order valence-corrected chi connectivity index (χ1v) is 5.39. The lowest BCUT2D eigenvalue weighted by Crippen LogP contribution is -2.37. The zero-order valence-electron chi connectivity index (χ0n) is 8.71. The zero-order chi connectivity index (χ0) is 9.26. The van der Waals surface area contributed by atoms with Crippen LogP contribution in [0, 0.1) is 0 Å². The van der Waals surface area contributed by atoms with E-state index in [9.17, 15) is 0 Å². The minimum atomic E-state index is 0.698. The van der Waals surface area contributed by atoms with Crippen LogP contribution in [0.25, 0.3) is 0 Å². The van der Waals surface area contributed by atoms with Crippen LogP contribution in [0.15, 0.2) is 23.3 Å². The van der Waals surface area contributed by atoms with Gasteiger partial charge in [0.2, 0.25) is 0 Å². The first-order chi connectivity index (χ1) is 6.27. The summed E-state index contributed by atoms with van der Waals surface area (Å²) >= 11 is 0. The second kappa shape index (κ2) is 3.67. The van der Waals surface area contributed by atoms with Gasteiger partial charge in [-0.2, -0.15) is 0 Å². The third kappa shape index (κ3) is 1.86. The molecule has 0 saturated heterocycles. The van der Waals surface area contributed by atoms with E-state index >= 15 is 0 Å². The van der Waals surface area contributed by atoms with Gasteiger partial charge in [-0.1, -0.05) is 17.7 Å². The lowest BCUT2D eigenvalue weighted by atomic mass is 9.91. The molecule has 0 fully saturated rings. The molecule has 1 nitrogen and oxygen atoms in total. The zero-order valence-corrected chi connectivity index (χ0v) is 8.71. The first kappa shape index (κ1) is 9.01. The summed E-state index contributed by atoms with van der Waals surface area (Å²) in [4.78, 5) is 2.56. The molecule has 0 unspecified atom stereocenters. The summed E-state index contributed by atoms with van der Waals surface area (Å²) in [6.07, 6.45) is 8.55. The fourth-order valence-electron chi connectivity index (χ4n) is 2.23. The molecule has 0 spiro atoms. The van der Waals surface area contributed by atoms with Gasteiger partial charge in [-0.3, -0.25) is 4.90 Å². The van der Waals surface area contributed by atoms with Crippen molar-refractivity contribution in [3.63, 3.8) is 0 Å². The van der Waals surface area contributed by atoms with Crippen LogP contribution in [-0.2, 0) is 0 Å². The van der Waals surface area contributed by atoms with Crippen molar-refractivity contribution in [1.82, 2.24) is 4.90 Å². The summed E-state index contributed by atoms with van der Waals surface area (Å²) < 4.78 is 0. The van der Waals surface area contributed by atoms with Gasteiger partial charge in [0.1, 0.15) is 0 Å². The van der Waals surface area contributed by atoms with Crippen molar-refractivity contribution in [1.29, 1.82) is 0 Å². The molecule has 0 radical (unpaired) electrons. The fraction of sp³-hybridized carbons (Fsp3) is 0.667. The molecule has 72 valence electrons. The van der Waals surface area contributed by atoms with Gasteiger partial charge < -0.3 is 0 Å². The molecule has 0 aromatic heterocycles. The number of hydrogen-bond donors (Lipinski definition) is 0. The van der Waals surface area contributed by atoms with Crippen LogP contribution in [0.1, 0.15) is 33.1 Å². The van der Waals surface area contributed by atoms with Gasteiger partial charge in [-0.15, -0.1) is 0 Å². The van der Waals surface area contributed by atoms with Crippen LogP contribution in [0.2, 0.25) is 0 Å².